The second-order valence-corrected chi connectivity index (χ2v) is 5.63. The van der Waals surface area contributed by atoms with Gasteiger partial charge in [-0.3, -0.25) is 9.59 Å². The third-order valence-electron chi connectivity index (χ3n) is 3.27. The molecule has 5 heteroatoms. The van der Waals surface area contributed by atoms with Gasteiger partial charge in [0, 0.05) is 6.54 Å². The maximum absolute atomic E-state index is 12.5. The topological polar surface area (TPSA) is 57.6 Å². The third-order valence-corrected chi connectivity index (χ3v) is 3.97. The number of carbonyl (C=O) groups excluding carboxylic acids is 1. The van der Waals surface area contributed by atoms with Crippen LogP contribution in [0.25, 0.3) is 0 Å². The number of carboxylic acids is 1. The van der Waals surface area contributed by atoms with E-state index >= 15 is 0 Å². The van der Waals surface area contributed by atoms with Gasteiger partial charge in [-0.1, -0.05) is 30.3 Å². The van der Waals surface area contributed by atoms with Crippen LogP contribution in [0.4, 0.5) is 0 Å². The first-order chi connectivity index (χ1) is 10.1. The molecule has 1 heterocycles. The van der Waals surface area contributed by atoms with Gasteiger partial charge in [0.2, 0.25) is 5.91 Å². The number of benzene rings is 1. The summed E-state index contributed by atoms with van der Waals surface area (Å²) in [4.78, 5) is 25.0. The van der Waals surface area contributed by atoms with Crippen molar-refractivity contribution in [3.8, 4) is 0 Å². The van der Waals surface area contributed by atoms with Crippen LogP contribution >= 0.6 is 11.3 Å². The molecule has 1 N–H and O–H groups in total. The van der Waals surface area contributed by atoms with Crippen molar-refractivity contribution in [2.45, 2.75) is 19.4 Å². The summed E-state index contributed by atoms with van der Waals surface area (Å²) < 4.78 is 0. The van der Waals surface area contributed by atoms with E-state index in [-0.39, 0.29) is 18.4 Å². The molecule has 2 rings (SSSR count). The predicted molar refractivity (Wildman–Crippen MR) is 82.2 cm³/mol. The van der Waals surface area contributed by atoms with E-state index in [1.807, 2.05) is 54.1 Å². The smallest absolute Gasteiger partial charge is 0.323 e. The first-order valence-corrected chi connectivity index (χ1v) is 7.59. The number of nitrogens with zero attached hydrogens (tertiary/aromatic N) is 1. The summed E-state index contributed by atoms with van der Waals surface area (Å²) in [6.45, 7) is 1.83. The SMILES string of the molecule is C[C@@H](C(=O)N(CC(=O)O)Cc1ccccc1)c1ccsc1. The Hall–Kier alpha value is -2.14. The Balaban J connectivity index is 2.15. The quantitative estimate of drug-likeness (QED) is 0.892. The van der Waals surface area contributed by atoms with E-state index in [4.69, 9.17) is 5.11 Å². The van der Waals surface area contributed by atoms with Gasteiger partial charge in [0.25, 0.3) is 0 Å². The summed E-state index contributed by atoms with van der Waals surface area (Å²) in [5.74, 6) is -1.50. The van der Waals surface area contributed by atoms with Crippen LogP contribution < -0.4 is 0 Å². The van der Waals surface area contributed by atoms with Crippen LogP contribution in [-0.2, 0) is 16.1 Å². The summed E-state index contributed by atoms with van der Waals surface area (Å²) in [6.07, 6.45) is 0. The van der Waals surface area contributed by atoms with Crippen molar-refractivity contribution in [2.75, 3.05) is 6.54 Å². The maximum atomic E-state index is 12.5. The molecular formula is C16H17NO3S. The largest absolute Gasteiger partial charge is 0.480 e. The normalized spacial score (nSPS) is 11.9. The lowest BCUT2D eigenvalue weighted by molar-refractivity contribution is -0.145. The molecule has 2 aromatic rings. The Morgan fingerprint density at radius 2 is 1.95 bits per heavy atom. The Morgan fingerprint density at radius 1 is 1.24 bits per heavy atom. The van der Waals surface area contributed by atoms with Crippen LogP contribution in [0.5, 0.6) is 0 Å². The minimum absolute atomic E-state index is 0.167. The van der Waals surface area contributed by atoms with Crippen molar-refractivity contribution in [3.63, 3.8) is 0 Å². The van der Waals surface area contributed by atoms with Crippen LogP contribution in [0.2, 0.25) is 0 Å². The van der Waals surface area contributed by atoms with E-state index in [0.717, 1.165) is 11.1 Å². The fourth-order valence-electron chi connectivity index (χ4n) is 2.12. The zero-order chi connectivity index (χ0) is 15.2. The first-order valence-electron chi connectivity index (χ1n) is 6.64. The van der Waals surface area contributed by atoms with E-state index < -0.39 is 5.97 Å². The highest BCUT2D eigenvalue weighted by molar-refractivity contribution is 7.08. The monoisotopic (exact) mass is 303 g/mol. The molecule has 0 saturated carbocycles. The molecule has 1 amide bonds. The average Bonchev–Trinajstić information content (AvgIpc) is 3.00. The number of thiophene rings is 1. The van der Waals surface area contributed by atoms with Gasteiger partial charge in [-0.05, 0) is 34.9 Å². The summed E-state index contributed by atoms with van der Waals surface area (Å²) in [6, 6.07) is 11.3. The molecule has 0 spiro atoms. The highest BCUT2D eigenvalue weighted by atomic mass is 32.1. The van der Waals surface area contributed by atoms with Crippen LogP contribution in [0.15, 0.2) is 47.2 Å². The van der Waals surface area contributed by atoms with Crippen molar-refractivity contribution in [1.29, 1.82) is 0 Å². The second-order valence-electron chi connectivity index (χ2n) is 4.85. The number of hydrogen-bond donors (Lipinski definition) is 1. The number of amides is 1. The van der Waals surface area contributed by atoms with E-state index in [1.165, 1.54) is 16.2 Å². The zero-order valence-electron chi connectivity index (χ0n) is 11.7. The number of hydrogen-bond acceptors (Lipinski definition) is 3. The van der Waals surface area contributed by atoms with E-state index in [2.05, 4.69) is 0 Å². The molecule has 0 aliphatic rings. The van der Waals surface area contributed by atoms with Gasteiger partial charge in [-0.25, -0.2) is 0 Å². The molecule has 4 nitrogen and oxygen atoms in total. The van der Waals surface area contributed by atoms with Crippen molar-refractivity contribution in [1.82, 2.24) is 4.90 Å². The molecule has 0 saturated heterocycles. The summed E-state index contributed by atoms with van der Waals surface area (Å²) in [7, 11) is 0. The number of aliphatic carboxylic acids is 1. The van der Waals surface area contributed by atoms with Crippen molar-refractivity contribution in [3.05, 3.63) is 58.3 Å². The van der Waals surface area contributed by atoms with E-state index in [0.29, 0.717) is 6.54 Å². The highest BCUT2D eigenvalue weighted by Gasteiger charge is 2.24. The Labute approximate surface area is 127 Å². The molecule has 0 radical (unpaired) electrons. The molecule has 0 unspecified atom stereocenters. The number of rotatable bonds is 6. The molecule has 110 valence electrons. The molecule has 0 fully saturated rings. The van der Waals surface area contributed by atoms with Crippen LogP contribution in [0.1, 0.15) is 24.0 Å². The number of carboxylic acid groups (broad SMARTS) is 1. The van der Waals surface area contributed by atoms with Crippen molar-refractivity contribution in [2.24, 2.45) is 0 Å². The van der Waals surface area contributed by atoms with Crippen LogP contribution in [-0.4, -0.2) is 28.4 Å². The van der Waals surface area contributed by atoms with Gasteiger partial charge in [-0.15, -0.1) is 0 Å². The maximum Gasteiger partial charge on any atom is 0.323 e. The minimum Gasteiger partial charge on any atom is -0.480 e. The Kier molecular flexibility index (Phi) is 5.11. The average molecular weight is 303 g/mol. The lowest BCUT2D eigenvalue weighted by Crippen LogP contribution is -2.37. The fraction of sp³-hybridized carbons (Fsp3) is 0.250. The van der Waals surface area contributed by atoms with Gasteiger partial charge in [-0.2, -0.15) is 11.3 Å². The van der Waals surface area contributed by atoms with E-state index in [9.17, 15) is 9.59 Å². The Morgan fingerprint density at radius 3 is 2.52 bits per heavy atom. The van der Waals surface area contributed by atoms with Crippen LogP contribution in [0, 0.1) is 0 Å². The van der Waals surface area contributed by atoms with Crippen LogP contribution in [0.3, 0.4) is 0 Å². The molecule has 1 aromatic carbocycles. The van der Waals surface area contributed by atoms with Gasteiger partial charge in [0.15, 0.2) is 0 Å². The number of carbonyl (C=O) groups is 2. The van der Waals surface area contributed by atoms with Gasteiger partial charge >= 0.3 is 5.97 Å². The zero-order valence-corrected chi connectivity index (χ0v) is 12.5. The molecular weight excluding hydrogens is 286 g/mol. The lowest BCUT2D eigenvalue weighted by Gasteiger charge is -2.24. The molecule has 21 heavy (non-hydrogen) atoms. The standard InChI is InChI=1S/C16H17NO3S/c1-12(14-7-8-21-11-14)16(20)17(10-15(18)19)9-13-5-3-2-4-6-13/h2-8,11-12H,9-10H2,1H3,(H,18,19)/t12-/m1/s1. The molecule has 0 aliphatic heterocycles. The van der Waals surface area contributed by atoms with E-state index in [1.54, 1.807) is 0 Å². The summed E-state index contributed by atoms with van der Waals surface area (Å²) >= 11 is 1.53. The molecule has 1 atom stereocenters. The van der Waals surface area contributed by atoms with Crippen molar-refractivity contribution < 1.29 is 14.7 Å². The first kappa shape index (κ1) is 15.3. The predicted octanol–water partition coefficient (Wildman–Crippen LogP) is 2.97. The minimum atomic E-state index is -1.00. The lowest BCUT2D eigenvalue weighted by atomic mass is 10.0. The van der Waals surface area contributed by atoms with Gasteiger partial charge in [0.05, 0.1) is 5.92 Å². The van der Waals surface area contributed by atoms with Gasteiger partial charge < -0.3 is 10.0 Å². The molecule has 1 aromatic heterocycles. The molecule has 0 aliphatic carbocycles. The van der Waals surface area contributed by atoms with Crippen molar-refractivity contribution >= 4 is 23.2 Å². The second kappa shape index (κ2) is 7.04. The summed E-state index contributed by atoms with van der Waals surface area (Å²) in [5, 5.41) is 12.9. The summed E-state index contributed by atoms with van der Waals surface area (Å²) in [5.41, 5.74) is 1.85. The molecule has 0 bridgehead atoms. The highest BCUT2D eigenvalue weighted by Crippen LogP contribution is 2.21. The third kappa shape index (κ3) is 4.16. The van der Waals surface area contributed by atoms with Gasteiger partial charge in [0.1, 0.15) is 6.54 Å². The fourth-order valence-corrected chi connectivity index (χ4v) is 2.87. The Bertz CT molecular complexity index is 595.